The van der Waals surface area contributed by atoms with E-state index in [1.807, 2.05) is 0 Å². The van der Waals surface area contributed by atoms with Gasteiger partial charge in [-0.3, -0.25) is 9.59 Å². The number of carbonyl (C=O) groups is 2. The van der Waals surface area contributed by atoms with E-state index in [0.29, 0.717) is 0 Å². The van der Waals surface area contributed by atoms with Crippen molar-refractivity contribution in [1.29, 1.82) is 0 Å². The zero-order valence-electron chi connectivity index (χ0n) is 21.5. The summed E-state index contributed by atoms with van der Waals surface area (Å²) < 4.78 is 145. The van der Waals surface area contributed by atoms with E-state index < -0.39 is 67.6 Å². The Morgan fingerprint density at radius 2 is 0.676 bits per heavy atom. The minimum absolute atomic E-state index is 0.00157. The molecule has 4 nitrogen and oxygen atoms in total. The van der Waals surface area contributed by atoms with Crippen molar-refractivity contribution in [2.24, 2.45) is 0 Å². The standard InChI is InChI=1S/C23H36F10N2O2/c1-5-9-13-34(14-10-6-2)17(36)19(24,25)21(28,29)23(32,33)22(30,31)20(26,27)18(37)35(15-11-7-3)16-12-8-4/h5-16H2,1-4H3. The fraction of sp³-hybridized carbons (Fsp3) is 0.913. The van der Waals surface area contributed by atoms with Crippen LogP contribution in [0.2, 0.25) is 0 Å². The van der Waals surface area contributed by atoms with Crippen LogP contribution >= 0.6 is 0 Å². The largest absolute Gasteiger partial charge is 0.392 e. The summed E-state index contributed by atoms with van der Waals surface area (Å²) in [5, 5.41) is 0. The molecule has 0 aromatic heterocycles. The van der Waals surface area contributed by atoms with Crippen LogP contribution in [-0.2, 0) is 9.59 Å². The smallest absolute Gasteiger partial charge is 0.337 e. The molecule has 0 unspecified atom stereocenters. The maximum absolute atomic E-state index is 14.5. The third kappa shape index (κ3) is 7.21. The Bertz CT molecular complexity index is 658. The Kier molecular flexibility index (Phi) is 13.2. The van der Waals surface area contributed by atoms with Crippen molar-refractivity contribution >= 4 is 11.8 Å². The lowest BCUT2D eigenvalue weighted by Gasteiger charge is -2.40. The first-order valence-electron chi connectivity index (χ1n) is 12.3. The summed E-state index contributed by atoms with van der Waals surface area (Å²) in [5.41, 5.74) is 0. The molecule has 0 atom stereocenters. The number of carbonyl (C=O) groups excluding carboxylic acids is 2. The molecule has 0 spiro atoms. The predicted molar refractivity (Wildman–Crippen MR) is 118 cm³/mol. The van der Waals surface area contributed by atoms with Gasteiger partial charge in [0.2, 0.25) is 0 Å². The number of halogens is 10. The Morgan fingerprint density at radius 1 is 0.459 bits per heavy atom. The molecule has 0 rings (SSSR count). The van der Waals surface area contributed by atoms with Gasteiger partial charge < -0.3 is 9.80 Å². The van der Waals surface area contributed by atoms with Crippen molar-refractivity contribution < 1.29 is 53.5 Å². The Morgan fingerprint density at radius 3 is 0.865 bits per heavy atom. The highest BCUT2D eigenvalue weighted by atomic mass is 19.4. The van der Waals surface area contributed by atoms with E-state index in [1.54, 1.807) is 27.7 Å². The molecule has 0 N–H and O–H groups in total. The van der Waals surface area contributed by atoms with Crippen molar-refractivity contribution in [1.82, 2.24) is 9.80 Å². The number of alkyl halides is 10. The van der Waals surface area contributed by atoms with Gasteiger partial charge in [0, 0.05) is 26.2 Å². The molecular weight excluding hydrogens is 526 g/mol. The van der Waals surface area contributed by atoms with Gasteiger partial charge in [-0.15, -0.1) is 0 Å². The molecule has 0 saturated heterocycles. The lowest BCUT2D eigenvalue weighted by molar-refractivity contribution is -0.389. The van der Waals surface area contributed by atoms with Gasteiger partial charge in [-0.05, 0) is 25.7 Å². The van der Waals surface area contributed by atoms with Crippen LogP contribution in [0.1, 0.15) is 79.1 Å². The maximum atomic E-state index is 14.5. The van der Waals surface area contributed by atoms with Gasteiger partial charge >= 0.3 is 29.6 Å². The number of nitrogens with zero attached hydrogens (tertiary/aromatic N) is 2. The van der Waals surface area contributed by atoms with E-state index in [9.17, 15) is 53.5 Å². The third-order valence-corrected chi connectivity index (χ3v) is 5.82. The van der Waals surface area contributed by atoms with Gasteiger partial charge in [0.25, 0.3) is 11.8 Å². The molecular formula is C23H36F10N2O2. The van der Waals surface area contributed by atoms with Gasteiger partial charge in [-0.25, -0.2) is 0 Å². The molecule has 0 aliphatic heterocycles. The molecule has 0 aromatic rings. The van der Waals surface area contributed by atoms with Crippen LogP contribution in [0.25, 0.3) is 0 Å². The first kappa shape index (κ1) is 35.2. The highest BCUT2D eigenvalue weighted by molar-refractivity contribution is 5.86. The van der Waals surface area contributed by atoms with Gasteiger partial charge in [-0.2, -0.15) is 43.9 Å². The molecule has 0 aliphatic carbocycles. The second-order valence-electron chi connectivity index (χ2n) is 8.87. The molecule has 0 heterocycles. The fourth-order valence-corrected chi connectivity index (χ4v) is 3.28. The monoisotopic (exact) mass is 562 g/mol. The van der Waals surface area contributed by atoms with E-state index in [1.165, 1.54) is 0 Å². The molecule has 0 saturated carbocycles. The summed E-state index contributed by atoms with van der Waals surface area (Å²) in [4.78, 5) is 24.6. The zero-order valence-corrected chi connectivity index (χ0v) is 21.5. The predicted octanol–water partition coefficient (Wildman–Crippen LogP) is 7.02. The first-order chi connectivity index (χ1) is 16.9. The summed E-state index contributed by atoms with van der Waals surface area (Å²) in [5.74, 6) is -40.8. The Labute approximate surface area is 210 Å². The summed E-state index contributed by atoms with van der Waals surface area (Å²) in [6.07, 6.45) is 1.15. The van der Waals surface area contributed by atoms with Gasteiger partial charge in [0.15, 0.2) is 0 Å². The average molecular weight is 563 g/mol. The number of hydrogen-bond acceptors (Lipinski definition) is 2. The number of unbranched alkanes of at least 4 members (excludes halogenated alkanes) is 4. The van der Waals surface area contributed by atoms with Gasteiger partial charge in [-0.1, -0.05) is 53.4 Å². The maximum Gasteiger partial charge on any atom is 0.392 e. The summed E-state index contributed by atoms with van der Waals surface area (Å²) in [7, 11) is 0. The normalized spacial score (nSPS) is 13.6. The van der Waals surface area contributed by atoms with Crippen LogP contribution in [0.4, 0.5) is 43.9 Å². The fourth-order valence-electron chi connectivity index (χ4n) is 3.28. The van der Waals surface area contributed by atoms with E-state index in [4.69, 9.17) is 0 Å². The van der Waals surface area contributed by atoms with Crippen LogP contribution in [0.5, 0.6) is 0 Å². The summed E-state index contributed by atoms with van der Waals surface area (Å²) >= 11 is 0. The van der Waals surface area contributed by atoms with Crippen LogP contribution in [0, 0.1) is 0 Å². The minimum Gasteiger partial charge on any atom is -0.337 e. The number of amides is 2. The Hall–Kier alpha value is -1.76. The third-order valence-electron chi connectivity index (χ3n) is 5.82. The topological polar surface area (TPSA) is 40.6 Å². The van der Waals surface area contributed by atoms with Crippen LogP contribution in [0.15, 0.2) is 0 Å². The SMILES string of the molecule is CCCCN(CCCC)C(=O)C(F)(F)C(F)(F)C(F)(F)C(F)(F)C(F)(F)C(=O)N(CCCC)CCCC. The molecule has 0 aromatic carbocycles. The second-order valence-corrected chi connectivity index (χ2v) is 8.87. The number of hydrogen-bond donors (Lipinski definition) is 0. The quantitative estimate of drug-likeness (QED) is 0.169. The van der Waals surface area contributed by atoms with Crippen molar-refractivity contribution in [3.05, 3.63) is 0 Å². The van der Waals surface area contributed by atoms with Gasteiger partial charge in [0.1, 0.15) is 0 Å². The van der Waals surface area contributed by atoms with Crippen LogP contribution in [0.3, 0.4) is 0 Å². The zero-order chi connectivity index (χ0) is 29.3. The van der Waals surface area contributed by atoms with E-state index in [0.717, 1.165) is 0 Å². The highest BCUT2D eigenvalue weighted by Gasteiger charge is 2.89. The molecule has 0 aliphatic rings. The molecule has 2 amide bonds. The van der Waals surface area contributed by atoms with E-state index >= 15 is 0 Å². The van der Waals surface area contributed by atoms with Crippen LogP contribution in [-0.4, -0.2) is 77.4 Å². The van der Waals surface area contributed by atoms with E-state index in [-0.39, 0.29) is 61.2 Å². The molecule has 220 valence electrons. The average Bonchev–Trinajstić information content (AvgIpc) is 2.82. The van der Waals surface area contributed by atoms with Crippen molar-refractivity contribution in [3.8, 4) is 0 Å². The van der Waals surface area contributed by atoms with E-state index in [2.05, 4.69) is 0 Å². The summed E-state index contributed by atoms with van der Waals surface area (Å²) in [6, 6.07) is 0. The number of rotatable bonds is 18. The Balaban J connectivity index is 6.40. The minimum atomic E-state index is -7.49. The highest BCUT2D eigenvalue weighted by Crippen LogP contribution is 2.57. The van der Waals surface area contributed by atoms with Gasteiger partial charge in [0.05, 0.1) is 0 Å². The first-order valence-corrected chi connectivity index (χ1v) is 12.3. The van der Waals surface area contributed by atoms with Crippen LogP contribution < -0.4 is 0 Å². The second kappa shape index (κ2) is 13.9. The van der Waals surface area contributed by atoms with Crippen molar-refractivity contribution in [3.63, 3.8) is 0 Å². The molecule has 14 heteroatoms. The molecule has 0 fully saturated rings. The lowest BCUT2D eigenvalue weighted by Crippen LogP contribution is -2.72. The lowest BCUT2D eigenvalue weighted by atomic mass is 9.92. The summed E-state index contributed by atoms with van der Waals surface area (Å²) in [6.45, 7) is 3.92. The molecule has 37 heavy (non-hydrogen) atoms. The van der Waals surface area contributed by atoms with Crippen molar-refractivity contribution in [2.45, 2.75) is 109 Å². The van der Waals surface area contributed by atoms with Crippen molar-refractivity contribution in [2.75, 3.05) is 26.2 Å². The molecule has 0 bridgehead atoms. The molecule has 0 radical (unpaired) electrons.